The van der Waals surface area contributed by atoms with Crippen LogP contribution in [-0.4, -0.2) is 11.5 Å². The van der Waals surface area contributed by atoms with Crippen molar-refractivity contribution in [3.05, 3.63) is 58.6 Å². The van der Waals surface area contributed by atoms with E-state index in [0.29, 0.717) is 15.7 Å². The van der Waals surface area contributed by atoms with Crippen LogP contribution in [0.15, 0.2) is 42.5 Å². The van der Waals surface area contributed by atoms with Gasteiger partial charge in [-0.2, -0.15) is 0 Å². The van der Waals surface area contributed by atoms with Gasteiger partial charge in [0.15, 0.2) is 5.11 Å². The molecule has 0 unspecified atom stereocenters. The fourth-order valence-corrected chi connectivity index (χ4v) is 2.38. The van der Waals surface area contributed by atoms with Crippen LogP contribution >= 0.6 is 23.8 Å². The Morgan fingerprint density at radius 3 is 2.62 bits per heavy atom. The van der Waals surface area contributed by atoms with Crippen LogP contribution < -0.4 is 15.4 Å². The summed E-state index contributed by atoms with van der Waals surface area (Å²) in [5.41, 5.74) is 2.33. The predicted octanol–water partition coefficient (Wildman–Crippen LogP) is 5.03. The molecule has 0 aliphatic carbocycles. The first-order valence-electron chi connectivity index (χ1n) is 6.88. The molecule has 0 aliphatic heterocycles. The highest BCUT2D eigenvalue weighted by Gasteiger charge is 2.31. The van der Waals surface area contributed by atoms with Crippen molar-refractivity contribution in [3.8, 4) is 5.75 Å². The largest absolute Gasteiger partial charge is 0.573 e. The van der Waals surface area contributed by atoms with Crippen molar-refractivity contribution >= 4 is 34.6 Å². The molecule has 2 aromatic carbocycles. The van der Waals surface area contributed by atoms with Crippen LogP contribution in [0.4, 0.5) is 18.9 Å². The topological polar surface area (TPSA) is 33.3 Å². The molecular weight excluding hydrogens is 361 g/mol. The summed E-state index contributed by atoms with van der Waals surface area (Å²) < 4.78 is 40.5. The van der Waals surface area contributed by atoms with E-state index in [0.717, 1.165) is 11.3 Å². The van der Waals surface area contributed by atoms with Crippen molar-refractivity contribution < 1.29 is 17.9 Å². The van der Waals surface area contributed by atoms with Crippen molar-refractivity contribution in [2.75, 3.05) is 5.32 Å². The van der Waals surface area contributed by atoms with Gasteiger partial charge < -0.3 is 15.4 Å². The number of nitrogens with one attached hydrogen (secondary N) is 2. The van der Waals surface area contributed by atoms with Crippen LogP contribution in [0.5, 0.6) is 5.75 Å². The molecular formula is C16H14ClF3N2OS. The van der Waals surface area contributed by atoms with E-state index in [-0.39, 0.29) is 12.3 Å². The van der Waals surface area contributed by atoms with Gasteiger partial charge in [0.25, 0.3) is 0 Å². The van der Waals surface area contributed by atoms with Crippen LogP contribution in [0.2, 0.25) is 5.02 Å². The summed E-state index contributed by atoms with van der Waals surface area (Å²) in [4.78, 5) is 0. The molecule has 0 heterocycles. The second-order valence-corrected chi connectivity index (χ2v) is 5.81. The number of benzene rings is 2. The molecule has 2 aromatic rings. The highest BCUT2D eigenvalue weighted by atomic mass is 35.5. The standard InChI is InChI=1S/C16H14ClF3N2OS/c1-10-7-12(17)5-6-14(10)22-15(24)21-9-11-3-2-4-13(8-11)23-16(18,19)20/h2-8H,9H2,1H3,(H2,21,22,24). The maximum atomic E-state index is 12.2. The first-order valence-corrected chi connectivity index (χ1v) is 7.67. The molecule has 0 aromatic heterocycles. The molecule has 0 spiro atoms. The van der Waals surface area contributed by atoms with E-state index >= 15 is 0 Å². The Hall–Kier alpha value is -1.99. The maximum absolute atomic E-state index is 12.2. The van der Waals surface area contributed by atoms with Crippen molar-refractivity contribution in [3.63, 3.8) is 0 Å². The fourth-order valence-electron chi connectivity index (χ4n) is 1.97. The SMILES string of the molecule is Cc1cc(Cl)ccc1NC(=S)NCc1cccc(OC(F)(F)F)c1. The second kappa shape index (κ2) is 7.72. The zero-order chi connectivity index (χ0) is 17.7. The van der Waals surface area contributed by atoms with Crippen LogP contribution in [0.25, 0.3) is 0 Å². The quantitative estimate of drug-likeness (QED) is 0.735. The van der Waals surface area contributed by atoms with Gasteiger partial charge in [-0.25, -0.2) is 0 Å². The minimum Gasteiger partial charge on any atom is -0.406 e. The molecule has 0 bridgehead atoms. The van der Waals surface area contributed by atoms with Crippen LogP contribution in [0, 0.1) is 6.92 Å². The van der Waals surface area contributed by atoms with E-state index in [4.69, 9.17) is 23.8 Å². The van der Waals surface area contributed by atoms with Crippen molar-refractivity contribution in [1.82, 2.24) is 5.32 Å². The lowest BCUT2D eigenvalue weighted by molar-refractivity contribution is -0.274. The first-order chi connectivity index (χ1) is 11.2. The number of rotatable bonds is 4. The Labute approximate surface area is 147 Å². The molecule has 128 valence electrons. The number of halogens is 4. The van der Waals surface area contributed by atoms with Crippen molar-refractivity contribution in [2.45, 2.75) is 19.8 Å². The Balaban J connectivity index is 1.93. The lowest BCUT2D eigenvalue weighted by Crippen LogP contribution is -2.28. The molecule has 0 fully saturated rings. The van der Waals surface area contributed by atoms with Crippen molar-refractivity contribution in [1.29, 1.82) is 0 Å². The van der Waals surface area contributed by atoms with Crippen LogP contribution in [-0.2, 0) is 6.54 Å². The number of hydrogen-bond donors (Lipinski definition) is 2. The second-order valence-electron chi connectivity index (χ2n) is 4.96. The van der Waals surface area contributed by atoms with Gasteiger partial charge in [0, 0.05) is 17.3 Å². The minimum absolute atomic E-state index is 0.257. The molecule has 0 amide bonds. The Morgan fingerprint density at radius 2 is 1.96 bits per heavy atom. The summed E-state index contributed by atoms with van der Waals surface area (Å²) in [5, 5.41) is 6.91. The van der Waals surface area contributed by atoms with Gasteiger partial charge in [0.1, 0.15) is 5.75 Å². The molecule has 2 rings (SSSR count). The maximum Gasteiger partial charge on any atom is 0.573 e. The Bertz CT molecular complexity index is 738. The van der Waals surface area contributed by atoms with E-state index in [1.807, 2.05) is 6.92 Å². The smallest absolute Gasteiger partial charge is 0.406 e. The Kier molecular flexibility index (Phi) is 5.90. The van der Waals surface area contributed by atoms with E-state index in [2.05, 4.69) is 15.4 Å². The number of ether oxygens (including phenoxy) is 1. The molecule has 0 aliphatic rings. The number of anilines is 1. The number of alkyl halides is 3. The van der Waals surface area contributed by atoms with Gasteiger partial charge in [0.05, 0.1) is 0 Å². The molecule has 8 heteroatoms. The summed E-state index contributed by atoms with van der Waals surface area (Å²) in [7, 11) is 0. The highest BCUT2D eigenvalue weighted by Crippen LogP contribution is 2.23. The summed E-state index contributed by atoms with van der Waals surface area (Å²) in [6, 6.07) is 11.0. The third kappa shape index (κ3) is 5.90. The number of hydrogen-bond acceptors (Lipinski definition) is 2. The van der Waals surface area contributed by atoms with Crippen LogP contribution in [0.1, 0.15) is 11.1 Å². The molecule has 2 N–H and O–H groups in total. The molecule has 0 saturated carbocycles. The average Bonchev–Trinajstić information content (AvgIpc) is 2.47. The summed E-state index contributed by atoms with van der Waals surface area (Å²) in [6.45, 7) is 2.14. The highest BCUT2D eigenvalue weighted by molar-refractivity contribution is 7.80. The lowest BCUT2D eigenvalue weighted by Gasteiger charge is -2.14. The van der Waals surface area contributed by atoms with Gasteiger partial charge in [-0.3, -0.25) is 0 Å². The third-order valence-electron chi connectivity index (χ3n) is 3.02. The van der Waals surface area contributed by atoms with Crippen LogP contribution in [0.3, 0.4) is 0 Å². The summed E-state index contributed by atoms with van der Waals surface area (Å²) in [6.07, 6.45) is -4.71. The monoisotopic (exact) mass is 374 g/mol. The zero-order valence-electron chi connectivity index (χ0n) is 12.6. The summed E-state index contributed by atoms with van der Waals surface area (Å²) >= 11 is 11.1. The zero-order valence-corrected chi connectivity index (χ0v) is 14.1. The molecule has 0 atom stereocenters. The van der Waals surface area contributed by atoms with Gasteiger partial charge in [0.2, 0.25) is 0 Å². The van der Waals surface area contributed by atoms with Gasteiger partial charge in [-0.15, -0.1) is 13.2 Å². The average molecular weight is 375 g/mol. The third-order valence-corrected chi connectivity index (χ3v) is 3.50. The van der Waals surface area contributed by atoms with E-state index < -0.39 is 6.36 Å². The molecule has 0 radical (unpaired) electrons. The summed E-state index contributed by atoms with van der Waals surface area (Å²) in [5.74, 6) is -0.269. The predicted molar refractivity (Wildman–Crippen MR) is 92.4 cm³/mol. The lowest BCUT2D eigenvalue weighted by atomic mass is 10.2. The van der Waals surface area contributed by atoms with E-state index in [1.54, 1.807) is 24.3 Å². The molecule has 24 heavy (non-hydrogen) atoms. The minimum atomic E-state index is -4.71. The van der Waals surface area contributed by atoms with E-state index in [1.165, 1.54) is 18.2 Å². The molecule has 3 nitrogen and oxygen atoms in total. The van der Waals surface area contributed by atoms with Gasteiger partial charge >= 0.3 is 6.36 Å². The van der Waals surface area contributed by atoms with Gasteiger partial charge in [-0.1, -0.05) is 23.7 Å². The van der Waals surface area contributed by atoms with Crippen molar-refractivity contribution in [2.24, 2.45) is 0 Å². The normalized spacial score (nSPS) is 11.0. The number of aryl methyl sites for hydroxylation is 1. The fraction of sp³-hybridized carbons (Fsp3) is 0.188. The van der Waals surface area contributed by atoms with Gasteiger partial charge in [-0.05, 0) is 60.6 Å². The molecule has 0 saturated heterocycles. The Morgan fingerprint density at radius 1 is 1.21 bits per heavy atom. The van der Waals surface area contributed by atoms with E-state index in [9.17, 15) is 13.2 Å². The first kappa shape index (κ1) is 18.4. The number of thiocarbonyl (C=S) groups is 1.